The maximum Gasteiger partial charge on any atom is 0.257 e. The summed E-state index contributed by atoms with van der Waals surface area (Å²) >= 11 is 0. The van der Waals surface area contributed by atoms with E-state index in [-0.39, 0.29) is 29.2 Å². The molecule has 0 aliphatic carbocycles. The van der Waals surface area contributed by atoms with Gasteiger partial charge in [-0.15, -0.1) is 0 Å². The van der Waals surface area contributed by atoms with Gasteiger partial charge < -0.3 is 19.9 Å². The lowest BCUT2D eigenvalue weighted by atomic mass is 9.99. The molecule has 10 nitrogen and oxygen atoms in total. The van der Waals surface area contributed by atoms with E-state index >= 15 is 0 Å². The summed E-state index contributed by atoms with van der Waals surface area (Å²) in [4.78, 5) is 22.5. The van der Waals surface area contributed by atoms with Gasteiger partial charge in [-0.1, -0.05) is 30.3 Å². The highest BCUT2D eigenvalue weighted by Gasteiger charge is 2.31. The maximum atomic E-state index is 13.5. The van der Waals surface area contributed by atoms with Crippen LogP contribution in [0.1, 0.15) is 24.0 Å². The number of carbonyl (C=O) groups excluding carboxylic acids is 1. The standard InChI is InChI=1S/C31H46N6O4S/c1-33(2)42(39,40)31-28(37-19-17-34(3)18-20-37)11-8-12-29(31)41-24-30(38)32-21-27(36-14-6-7-15-36)23-35-16-13-25-9-4-5-10-26(25)22-35/h4-5,8-12,27H,6-7,13-24H2,1-3H3,(H,32,38)/t27-/m1/s1. The Labute approximate surface area is 251 Å². The number of sulfonamides is 1. The first-order valence-electron chi connectivity index (χ1n) is 15.1. The lowest BCUT2D eigenvalue weighted by Crippen LogP contribution is -2.50. The van der Waals surface area contributed by atoms with E-state index in [1.165, 1.54) is 42.4 Å². The van der Waals surface area contributed by atoms with E-state index in [0.717, 1.165) is 65.3 Å². The Kier molecular flexibility index (Phi) is 10.1. The van der Waals surface area contributed by atoms with Crippen molar-refractivity contribution >= 4 is 21.6 Å². The number of piperazine rings is 1. The van der Waals surface area contributed by atoms with Crippen LogP contribution in [-0.4, -0.2) is 126 Å². The molecule has 1 N–H and O–H groups in total. The normalized spacial score (nSPS) is 19.6. The van der Waals surface area contributed by atoms with Crippen LogP contribution >= 0.6 is 0 Å². The Hall–Kier alpha value is -2.70. The van der Waals surface area contributed by atoms with Gasteiger partial charge in [0.1, 0.15) is 10.6 Å². The Morgan fingerprint density at radius 2 is 1.67 bits per heavy atom. The molecule has 5 rings (SSSR count). The number of hydrogen-bond acceptors (Lipinski definition) is 8. The average Bonchev–Trinajstić information content (AvgIpc) is 3.53. The maximum absolute atomic E-state index is 13.5. The Morgan fingerprint density at radius 1 is 0.952 bits per heavy atom. The first kappa shape index (κ1) is 30.7. The van der Waals surface area contributed by atoms with Crippen LogP contribution in [0.15, 0.2) is 47.4 Å². The second kappa shape index (κ2) is 13.7. The van der Waals surface area contributed by atoms with Crippen molar-refractivity contribution in [1.29, 1.82) is 0 Å². The van der Waals surface area contributed by atoms with E-state index in [1.54, 1.807) is 12.1 Å². The molecule has 0 radical (unpaired) electrons. The van der Waals surface area contributed by atoms with Gasteiger partial charge >= 0.3 is 0 Å². The summed E-state index contributed by atoms with van der Waals surface area (Å²) in [6.45, 7) is 8.36. The highest BCUT2D eigenvalue weighted by atomic mass is 32.2. The molecule has 1 amide bonds. The quantitative estimate of drug-likeness (QED) is 0.419. The highest BCUT2D eigenvalue weighted by molar-refractivity contribution is 7.89. The van der Waals surface area contributed by atoms with Crippen molar-refractivity contribution in [2.45, 2.75) is 36.7 Å². The molecule has 2 fully saturated rings. The molecule has 3 aliphatic heterocycles. The smallest absolute Gasteiger partial charge is 0.257 e. The molecule has 2 aromatic carbocycles. The fourth-order valence-electron chi connectivity index (χ4n) is 6.21. The van der Waals surface area contributed by atoms with Crippen LogP contribution in [0.5, 0.6) is 5.75 Å². The van der Waals surface area contributed by atoms with E-state index in [9.17, 15) is 13.2 Å². The van der Waals surface area contributed by atoms with Crippen molar-refractivity contribution in [3.63, 3.8) is 0 Å². The molecule has 230 valence electrons. The second-order valence-electron chi connectivity index (χ2n) is 11.9. The van der Waals surface area contributed by atoms with Crippen molar-refractivity contribution in [3.05, 3.63) is 53.6 Å². The van der Waals surface area contributed by atoms with E-state index in [4.69, 9.17) is 4.74 Å². The van der Waals surface area contributed by atoms with Crippen LogP contribution in [0, 0.1) is 0 Å². The van der Waals surface area contributed by atoms with E-state index in [1.807, 2.05) is 6.07 Å². The summed E-state index contributed by atoms with van der Waals surface area (Å²) in [6, 6.07) is 14.1. The van der Waals surface area contributed by atoms with Crippen LogP contribution < -0.4 is 15.0 Å². The van der Waals surface area contributed by atoms with Gasteiger partial charge in [-0.2, -0.15) is 0 Å². The van der Waals surface area contributed by atoms with Crippen molar-refractivity contribution in [2.24, 2.45) is 0 Å². The molecule has 0 spiro atoms. The van der Waals surface area contributed by atoms with Crippen molar-refractivity contribution in [2.75, 3.05) is 91.6 Å². The van der Waals surface area contributed by atoms with Crippen LogP contribution in [0.3, 0.4) is 0 Å². The molecular weight excluding hydrogens is 552 g/mol. The van der Waals surface area contributed by atoms with Gasteiger partial charge in [-0.25, -0.2) is 12.7 Å². The number of benzene rings is 2. The Morgan fingerprint density at radius 3 is 2.38 bits per heavy atom. The van der Waals surface area contributed by atoms with Gasteiger partial charge in [0, 0.05) is 72.5 Å². The third kappa shape index (κ3) is 7.26. The number of fused-ring (bicyclic) bond motifs is 1. The zero-order chi connectivity index (χ0) is 29.7. The minimum Gasteiger partial charge on any atom is -0.482 e. The molecule has 2 aromatic rings. The number of likely N-dealkylation sites (N-methyl/N-ethyl adjacent to an activating group) is 1. The minimum atomic E-state index is -3.81. The number of carbonyl (C=O) groups is 1. The summed E-state index contributed by atoms with van der Waals surface area (Å²) < 4.78 is 34.1. The molecule has 42 heavy (non-hydrogen) atoms. The predicted molar refractivity (Wildman–Crippen MR) is 166 cm³/mol. The summed E-state index contributed by atoms with van der Waals surface area (Å²) in [5.41, 5.74) is 3.44. The van der Waals surface area contributed by atoms with Crippen LogP contribution in [0.2, 0.25) is 0 Å². The fraction of sp³-hybridized carbons (Fsp3) is 0.581. The number of nitrogens with one attached hydrogen (secondary N) is 1. The summed E-state index contributed by atoms with van der Waals surface area (Å²) in [5.74, 6) is -0.0419. The monoisotopic (exact) mass is 598 g/mol. The average molecular weight is 599 g/mol. The molecule has 11 heteroatoms. The zero-order valence-electron chi connectivity index (χ0n) is 25.3. The number of amides is 1. The minimum absolute atomic E-state index is 0.118. The zero-order valence-corrected chi connectivity index (χ0v) is 26.1. The number of likely N-dealkylation sites (tertiary alicyclic amines) is 1. The largest absolute Gasteiger partial charge is 0.482 e. The topological polar surface area (TPSA) is 88.7 Å². The first-order valence-corrected chi connectivity index (χ1v) is 16.6. The summed E-state index contributed by atoms with van der Waals surface area (Å²) in [5, 5.41) is 3.09. The van der Waals surface area contributed by atoms with Gasteiger partial charge in [0.25, 0.3) is 5.91 Å². The Balaban J connectivity index is 1.24. The van der Waals surface area contributed by atoms with Crippen LogP contribution in [0.25, 0.3) is 0 Å². The molecule has 3 aliphatic rings. The number of rotatable bonds is 11. The lowest BCUT2D eigenvalue weighted by molar-refractivity contribution is -0.123. The molecule has 2 saturated heterocycles. The lowest BCUT2D eigenvalue weighted by Gasteiger charge is -2.36. The van der Waals surface area contributed by atoms with E-state index in [2.05, 4.69) is 56.2 Å². The predicted octanol–water partition coefficient (Wildman–Crippen LogP) is 1.71. The number of hydrogen-bond donors (Lipinski definition) is 1. The van der Waals surface area contributed by atoms with Crippen LogP contribution in [0.4, 0.5) is 5.69 Å². The molecule has 0 unspecified atom stereocenters. The van der Waals surface area contributed by atoms with Gasteiger partial charge in [-0.05, 0) is 62.7 Å². The SMILES string of the molecule is CN1CCN(c2cccc(OCC(=O)NC[C@H](CN3CCc4ccccc4C3)N3CCCC3)c2S(=O)(=O)N(C)C)CC1. The number of nitrogens with zero attached hydrogens (tertiary/aromatic N) is 5. The van der Waals surface area contributed by atoms with Gasteiger partial charge in [0.2, 0.25) is 10.0 Å². The van der Waals surface area contributed by atoms with Crippen molar-refractivity contribution in [1.82, 2.24) is 24.3 Å². The van der Waals surface area contributed by atoms with Gasteiger partial charge in [0.15, 0.2) is 6.61 Å². The highest BCUT2D eigenvalue weighted by Crippen LogP contribution is 2.36. The molecular formula is C31H46N6O4S. The molecule has 0 aromatic heterocycles. The molecule has 0 bridgehead atoms. The first-order chi connectivity index (χ1) is 20.2. The van der Waals surface area contributed by atoms with Crippen LogP contribution in [-0.2, 0) is 27.8 Å². The van der Waals surface area contributed by atoms with Crippen molar-refractivity contribution < 1.29 is 17.9 Å². The summed E-state index contributed by atoms with van der Waals surface area (Å²) in [6.07, 6.45) is 3.42. The van der Waals surface area contributed by atoms with Crippen molar-refractivity contribution in [3.8, 4) is 5.75 Å². The second-order valence-corrected chi connectivity index (χ2v) is 14.0. The Bertz CT molecular complexity index is 1320. The third-order valence-corrected chi connectivity index (χ3v) is 10.7. The number of ether oxygens (including phenoxy) is 1. The molecule has 1 atom stereocenters. The molecule has 0 saturated carbocycles. The van der Waals surface area contributed by atoms with E-state index in [0.29, 0.717) is 12.2 Å². The van der Waals surface area contributed by atoms with Gasteiger partial charge in [-0.3, -0.25) is 14.6 Å². The summed E-state index contributed by atoms with van der Waals surface area (Å²) in [7, 11) is 1.29. The number of anilines is 1. The van der Waals surface area contributed by atoms with Gasteiger partial charge in [0.05, 0.1) is 5.69 Å². The van der Waals surface area contributed by atoms with E-state index < -0.39 is 10.0 Å². The molecule has 3 heterocycles. The third-order valence-electron chi connectivity index (χ3n) is 8.77. The fourth-order valence-corrected chi connectivity index (χ4v) is 7.41.